The predicted molar refractivity (Wildman–Crippen MR) is 78.5 cm³/mol. The molecule has 0 spiro atoms. The molecule has 0 N–H and O–H groups in total. The minimum Gasteiger partial charge on any atom is -0.247 e. The quantitative estimate of drug-likeness (QED) is 0.732. The highest BCUT2D eigenvalue weighted by molar-refractivity contribution is 9.09. The number of alkyl halides is 1. The summed E-state index contributed by atoms with van der Waals surface area (Å²) in [4.78, 5) is 4.51. The first kappa shape index (κ1) is 13.1. The predicted octanol–water partition coefficient (Wildman–Crippen LogP) is 4.83. The fraction of sp³-hybridized carbons (Fsp3) is 0.308. The molecule has 1 aromatic heterocycles. The van der Waals surface area contributed by atoms with Crippen molar-refractivity contribution in [1.82, 2.24) is 4.98 Å². The van der Waals surface area contributed by atoms with Gasteiger partial charge in [-0.1, -0.05) is 39.7 Å². The van der Waals surface area contributed by atoms with Gasteiger partial charge in [-0.05, 0) is 30.5 Å². The minimum atomic E-state index is 0.456. The molecule has 90 valence electrons. The molecule has 4 heteroatoms. The molecular weight excluding hydrogens is 318 g/mol. The van der Waals surface area contributed by atoms with Crippen LogP contribution in [0.15, 0.2) is 29.6 Å². The van der Waals surface area contributed by atoms with E-state index in [0.717, 1.165) is 22.5 Å². The van der Waals surface area contributed by atoms with Crippen LogP contribution < -0.4 is 0 Å². The molecule has 0 radical (unpaired) electrons. The van der Waals surface area contributed by atoms with Crippen LogP contribution in [0.2, 0.25) is 5.02 Å². The molecule has 0 aliphatic rings. The van der Waals surface area contributed by atoms with E-state index in [9.17, 15) is 0 Å². The fourth-order valence-corrected chi connectivity index (χ4v) is 3.29. The Hall–Kier alpha value is -0.380. The molecule has 0 saturated heterocycles. The van der Waals surface area contributed by atoms with Crippen LogP contribution in [-0.4, -0.2) is 10.3 Å². The number of aryl methyl sites for hydroxylation is 1. The lowest BCUT2D eigenvalue weighted by molar-refractivity contribution is 0.768. The van der Waals surface area contributed by atoms with E-state index in [1.165, 1.54) is 10.6 Å². The molecule has 1 unspecified atom stereocenters. The topological polar surface area (TPSA) is 12.9 Å². The highest BCUT2D eigenvalue weighted by Crippen LogP contribution is 2.25. The molecule has 1 atom stereocenters. The van der Waals surface area contributed by atoms with Crippen molar-refractivity contribution < 1.29 is 0 Å². The molecule has 0 saturated carbocycles. The Morgan fingerprint density at radius 3 is 2.59 bits per heavy atom. The summed E-state index contributed by atoms with van der Waals surface area (Å²) in [6.45, 7) is 2.03. The van der Waals surface area contributed by atoms with Crippen molar-refractivity contribution in [3.8, 4) is 0 Å². The Balaban J connectivity index is 2.13. The average molecular weight is 331 g/mol. The number of benzene rings is 1. The number of nitrogens with zero attached hydrogens (tertiary/aromatic N) is 1. The SMILES string of the molecule is Cc1csc(CC(CBr)c2ccc(Cl)cc2)n1. The van der Waals surface area contributed by atoms with Gasteiger partial charge >= 0.3 is 0 Å². The van der Waals surface area contributed by atoms with Gasteiger partial charge in [0, 0.05) is 27.8 Å². The first-order chi connectivity index (χ1) is 8.19. The molecular formula is C13H13BrClNS. The molecule has 1 heterocycles. The Bertz CT molecular complexity index is 480. The number of thiazole rings is 1. The number of rotatable bonds is 4. The number of aromatic nitrogens is 1. The molecule has 17 heavy (non-hydrogen) atoms. The van der Waals surface area contributed by atoms with Gasteiger partial charge in [-0.15, -0.1) is 11.3 Å². The highest BCUT2D eigenvalue weighted by atomic mass is 79.9. The number of halogens is 2. The van der Waals surface area contributed by atoms with Gasteiger partial charge in [0.1, 0.15) is 0 Å². The Morgan fingerprint density at radius 2 is 2.06 bits per heavy atom. The van der Waals surface area contributed by atoms with Gasteiger partial charge < -0.3 is 0 Å². The third kappa shape index (κ3) is 3.54. The van der Waals surface area contributed by atoms with Crippen molar-refractivity contribution in [3.05, 3.63) is 50.9 Å². The summed E-state index contributed by atoms with van der Waals surface area (Å²) >= 11 is 11.2. The van der Waals surface area contributed by atoms with Crippen molar-refractivity contribution in [2.75, 3.05) is 5.33 Å². The summed E-state index contributed by atoms with van der Waals surface area (Å²) in [6.07, 6.45) is 0.978. The largest absolute Gasteiger partial charge is 0.247 e. The fourth-order valence-electron chi connectivity index (χ4n) is 1.70. The number of hydrogen-bond acceptors (Lipinski definition) is 2. The maximum Gasteiger partial charge on any atom is 0.0934 e. The lowest BCUT2D eigenvalue weighted by Crippen LogP contribution is -2.04. The molecule has 0 aliphatic heterocycles. The average Bonchev–Trinajstić information content (AvgIpc) is 2.73. The summed E-state index contributed by atoms with van der Waals surface area (Å²) in [5.41, 5.74) is 2.41. The Labute approximate surface area is 119 Å². The van der Waals surface area contributed by atoms with Gasteiger partial charge in [0.25, 0.3) is 0 Å². The van der Waals surface area contributed by atoms with Crippen molar-refractivity contribution in [2.24, 2.45) is 0 Å². The van der Waals surface area contributed by atoms with E-state index in [1.807, 2.05) is 19.1 Å². The zero-order valence-corrected chi connectivity index (χ0v) is 12.6. The zero-order valence-electron chi connectivity index (χ0n) is 9.49. The minimum absolute atomic E-state index is 0.456. The smallest absolute Gasteiger partial charge is 0.0934 e. The van der Waals surface area contributed by atoms with E-state index in [4.69, 9.17) is 11.6 Å². The van der Waals surface area contributed by atoms with Crippen LogP contribution in [0.3, 0.4) is 0 Å². The van der Waals surface area contributed by atoms with E-state index in [0.29, 0.717) is 5.92 Å². The summed E-state index contributed by atoms with van der Waals surface area (Å²) in [7, 11) is 0. The van der Waals surface area contributed by atoms with Crippen LogP contribution in [0.25, 0.3) is 0 Å². The normalized spacial score (nSPS) is 12.6. The first-order valence-corrected chi connectivity index (χ1v) is 7.79. The molecule has 2 rings (SSSR count). The van der Waals surface area contributed by atoms with Crippen molar-refractivity contribution >= 4 is 38.9 Å². The van der Waals surface area contributed by atoms with Gasteiger partial charge in [0.2, 0.25) is 0 Å². The van der Waals surface area contributed by atoms with Crippen LogP contribution in [0, 0.1) is 6.92 Å². The van der Waals surface area contributed by atoms with Crippen LogP contribution in [0.1, 0.15) is 22.2 Å². The molecule has 2 aromatic rings. The molecule has 0 fully saturated rings. The second-order valence-corrected chi connectivity index (χ2v) is 6.02. The van der Waals surface area contributed by atoms with Crippen molar-refractivity contribution in [3.63, 3.8) is 0 Å². The molecule has 0 aliphatic carbocycles. The van der Waals surface area contributed by atoms with Crippen LogP contribution >= 0.6 is 38.9 Å². The molecule has 0 amide bonds. The summed E-state index contributed by atoms with van der Waals surface area (Å²) < 4.78 is 0. The standard InChI is InChI=1S/C13H13BrClNS/c1-9-8-17-13(16-9)6-11(7-14)10-2-4-12(15)5-3-10/h2-5,8,11H,6-7H2,1H3. The summed E-state index contributed by atoms with van der Waals surface area (Å²) in [5, 5.41) is 5.02. The molecule has 0 bridgehead atoms. The van der Waals surface area contributed by atoms with E-state index >= 15 is 0 Å². The van der Waals surface area contributed by atoms with E-state index in [-0.39, 0.29) is 0 Å². The van der Waals surface area contributed by atoms with Crippen LogP contribution in [-0.2, 0) is 6.42 Å². The third-order valence-corrected chi connectivity index (χ3v) is 4.64. The lowest BCUT2D eigenvalue weighted by Gasteiger charge is -2.12. The van der Waals surface area contributed by atoms with Crippen LogP contribution in [0.5, 0.6) is 0 Å². The van der Waals surface area contributed by atoms with Crippen molar-refractivity contribution in [2.45, 2.75) is 19.3 Å². The van der Waals surface area contributed by atoms with Gasteiger partial charge in [-0.25, -0.2) is 4.98 Å². The Morgan fingerprint density at radius 1 is 1.35 bits per heavy atom. The van der Waals surface area contributed by atoms with Gasteiger partial charge in [-0.3, -0.25) is 0 Å². The second-order valence-electron chi connectivity index (χ2n) is 3.99. The molecule has 1 aromatic carbocycles. The first-order valence-electron chi connectivity index (χ1n) is 5.41. The van der Waals surface area contributed by atoms with E-state index in [2.05, 4.69) is 38.4 Å². The Kier molecular flexibility index (Phi) is 4.60. The number of hydrogen-bond donors (Lipinski definition) is 0. The summed E-state index contributed by atoms with van der Waals surface area (Å²) in [6, 6.07) is 8.07. The van der Waals surface area contributed by atoms with Crippen LogP contribution in [0.4, 0.5) is 0 Å². The zero-order chi connectivity index (χ0) is 12.3. The maximum absolute atomic E-state index is 5.90. The summed E-state index contributed by atoms with van der Waals surface area (Å²) in [5.74, 6) is 0.456. The van der Waals surface area contributed by atoms with Gasteiger partial charge in [0.05, 0.1) is 5.01 Å². The second kappa shape index (κ2) is 5.98. The monoisotopic (exact) mass is 329 g/mol. The van der Waals surface area contributed by atoms with Gasteiger partial charge in [-0.2, -0.15) is 0 Å². The van der Waals surface area contributed by atoms with E-state index < -0.39 is 0 Å². The highest BCUT2D eigenvalue weighted by Gasteiger charge is 2.13. The maximum atomic E-state index is 5.90. The van der Waals surface area contributed by atoms with Crippen molar-refractivity contribution in [1.29, 1.82) is 0 Å². The van der Waals surface area contributed by atoms with Gasteiger partial charge in [0.15, 0.2) is 0 Å². The van der Waals surface area contributed by atoms with E-state index in [1.54, 1.807) is 11.3 Å². The molecule has 1 nitrogen and oxygen atoms in total. The lowest BCUT2D eigenvalue weighted by atomic mass is 9.98. The third-order valence-electron chi connectivity index (χ3n) is 2.62.